The van der Waals surface area contributed by atoms with E-state index in [-0.39, 0.29) is 0 Å². The summed E-state index contributed by atoms with van der Waals surface area (Å²) in [6, 6.07) is 11.4. The van der Waals surface area contributed by atoms with E-state index in [0.717, 1.165) is 28.0 Å². The second kappa shape index (κ2) is 6.03. The van der Waals surface area contributed by atoms with Crippen LogP contribution in [-0.2, 0) is 0 Å². The van der Waals surface area contributed by atoms with Gasteiger partial charge in [0, 0.05) is 27.9 Å². The van der Waals surface area contributed by atoms with Crippen molar-refractivity contribution in [1.82, 2.24) is 15.2 Å². The second-order valence-corrected chi connectivity index (χ2v) is 5.16. The molecule has 110 valence electrons. The molecule has 1 aromatic carbocycles. The molecule has 0 fully saturated rings. The molecule has 0 radical (unpaired) electrons. The topological polar surface area (TPSA) is 50.8 Å². The Balaban J connectivity index is 1.98. The maximum atomic E-state index is 5.91. The summed E-state index contributed by atoms with van der Waals surface area (Å²) in [4.78, 5) is 4.55. The predicted molar refractivity (Wildman–Crippen MR) is 88.0 cm³/mol. The van der Waals surface area contributed by atoms with Gasteiger partial charge in [0.1, 0.15) is 0 Å². The predicted octanol–water partition coefficient (Wildman–Crippen LogP) is 4.20. The molecule has 0 aliphatic heterocycles. The van der Waals surface area contributed by atoms with Crippen LogP contribution in [0.1, 0.15) is 11.3 Å². The van der Waals surface area contributed by atoms with Crippen molar-refractivity contribution in [3.63, 3.8) is 0 Å². The lowest BCUT2D eigenvalue weighted by molar-refractivity contribution is 0.399. The van der Waals surface area contributed by atoms with E-state index in [4.69, 9.17) is 16.3 Å². The Bertz CT molecular complexity index is 795. The molecule has 0 spiro atoms. The van der Waals surface area contributed by atoms with Gasteiger partial charge in [0.15, 0.2) is 0 Å². The maximum absolute atomic E-state index is 5.91. The monoisotopic (exact) mass is 311 g/mol. The van der Waals surface area contributed by atoms with Gasteiger partial charge in [-0.1, -0.05) is 30.3 Å². The number of pyridine rings is 1. The van der Waals surface area contributed by atoms with Crippen molar-refractivity contribution in [2.24, 2.45) is 0 Å². The van der Waals surface area contributed by atoms with E-state index in [2.05, 4.69) is 21.8 Å². The number of halogens is 1. The van der Waals surface area contributed by atoms with Gasteiger partial charge in [-0.05, 0) is 29.8 Å². The zero-order chi connectivity index (χ0) is 15.5. The van der Waals surface area contributed by atoms with Gasteiger partial charge < -0.3 is 4.74 Å². The minimum atomic E-state index is 0.536. The van der Waals surface area contributed by atoms with Crippen molar-refractivity contribution < 1.29 is 4.74 Å². The number of hydrogen-bond acceptors (Lipinski definition) is 3. The van der Waals surface area contributed by atoms with Gasteiger partial charge >= 0.3 is 0 Å². The molecule has 0 aliphatic carbocycles. The molecule has 0 bridgehead atoms. The van der Waals surface area contributed by atoms with Crippen LogP contribution in [-0.4, -0.2) is 22.3 Å². The molecule has 0 saturated carbocycles. The third kappa shape index (κ3) is 2.73. The number of nitrogens with zero attached hydrogens (tertiary/aromatic N) is 2. The largest absolute Gasteiger partial charge is 0.481 e. The maximum Gasteiger partial charge on any atom is 0.221 e. The Hall–Kier alpha value is -2.59. The summed E-state index contributed by atoms with van der Waals surface area (Å²) in [5.74, 6) is 0.536. The Morgan fingerprint density at radius 1 is 1.18 bits per heavy atom. The van der Waals surface area contributed by atoms with Gasteiger partial charge in [0.05, 0.1) is 19.0 Å². The molecule has 0 atom stereocenters. The SMILES string of the molecule is C=C(c1ccc(Cl)cc1)c1ccc(-c2cn[nH]c2)c(OC)n1. The Labute approximate surface area is 133 Å². The number of benzene rings is 1. The van der Waals surface area contributed by atoms with E-state index < -0.39 is 0 Å². The van der Waals surface area contributed by atoms with E-state index in [1.54, 1.807) is 19.5 Å². The van der Waals surface area contributed by atoms with Crippen LogP contribution in [0, 0.1) is 0 Å². The molecule has 22 heavy (non-hydrogen) atoms. The number of rotatable bonds is 4. The van der Waals surface area contributed by atoms with Crippen LogP contribution >= 0.6 is 11.6 Å². The number of nitrogens with one attached hydrogen (secondary N) is 1. The Morgan fingerprint density at radius 3 is 2.59 bits per heavy atom. The zero-order valence-electron chi connectivity index (χ0n) is 12.0. The number of ether oxygens (including phenoxy) is 1. The Morgan fingerprint density at radius 2 is 1.95 bits per heavy atom. The van der Waals surface area contributed by atoms with E-state index in [0.29, 0.717) is 10.9 Å². The highest BCUT2D eigenvalue weighted by Gasteiger charge is 2.12. The number of H-pyrrole nitrogens is 1. The summed E-state index contributed by atoms with van der Waals surface area (Å²) >= 11 is 5.91. The van der Waals surface area contributed by atoms with Crippen LogP contribution in [0.15, 0.2) is 55.4 Å². The lowest BCUT2D eigenvalue weighted by Crippen LogP contribution is -1.96. The summed E-state index contributed by atoms with van der Waals surface area (Å²) in [6.45, 7) is 4.11. The van der Waals surface area contributed by atoms with Crippen LogP contribution in [0.4, 0.5) is 0 Å². The average molecular weight is 312 g/mol. The molecule has 0 saturated heterocycles. The highest BCUT2D eigenvalue weighted by Crippen LogP contribution is 2.30. The van der Waals surface area contributed by atoms with Gasteiger partial charge in [0.2, 0.25) is 5.88 Å². The molecule has 0 unspecified atom stereocenters. The fraction of sp³-hybridized carbons (Fsp3) is 0.0588. The van der Waals surface area contributed by atoms with Crippen molar-refractivity contribution in [1.29, 1.82) is 0 Å². The minimum absolute atomic E-state index is 0.536. The van der Waals surface area contributed by atoms with Gasteiger partial charge in [-0.15, -0.1) is 0 Å². The first-order valence-corrected chi connectivity index (χ1v) is 7.06. The van der Waals surface area contributed by atoms with Crippen LogP contribution in [0.25, 0.3) is 16.7 Å². The van der Waals surface area contributed by atoms with Gasteiger partial charge in [0.25, 0.3) is 0 Å². The van der Waals surface area contributed by atoms with Crippen LogP contribution in [0.3, 0.4) is 0 Å². The highest BCUT2D eigenvalue weighted by atomic mass is 35.5. The first-order chi connectivity index (χ1) is 10.7. The van der Waals surface area contributed by atoms with Gasteiger partial charge in [-0.25, -0.2) is 4.98 Å². The van der Waals surface area contributed by atoms with Crippen molar-refractivity contribution in [3.8, 4) is 17.0 Å². The first-order valence-electron chi connectivity index (χ1n) is 6.68. The summed E-state index contributed by atoms with van der Waals surface area (Å²) in [6.07, 6.45) is 3.53. The first kappa shape index (κ1) is 14.4. The molecule has 4 nitrogen and oxygen atoms in total. The third-order valence-electron chi connectivity index (χ3n) is 3.36. The van der Waals surface area contributed by atoms with Crippen molar-refractivity contribution in [2.75, 3.05) is 7.11 Å². The van der Waals surface area contributed by atoms with Gasteiger partial charge in [-0.2, -0.15) is 5.10 Å². The van der Waals surface area contributed by atoms with E-state index >= 15 is 0 Å². The molecule has 3 aromatic rings. The minimum Gasteiger partial charge on any atom is -0.481 e. The van der Waals surface area contributed by atoms with Crippen LogP contribution in [0.2, 0.25) is 5.02 Å². The van der Waals surface area contributed by atoms with E-state index in [9.17, 15) is 0 Å². The fourth-order valence-electron chi connectivity index (χ4n) is 2.18. The molecule has 0 amide bonds. The quantitative estimate of drug-likeness (QED) is 0.785. The molecule has 3 rings (SSSR count). The molecule has 2 heterocycles. The standard InChI is InChI=1S/C17H14ClN3O/c1-11(12-3-5-14(18)6-4-12)16-8-7-15(17(21-16)22-2)13-9-19-20-10-13/h3-10H,1H2,2H3,(H,19,20). The molecular formula is C17H14ClN3O. The normalized spacial score (nSPS) is 10.5. The van der Waals surface area contributed by atoms with Crippen molar-refractivity contribution in [2.45, 2.75) is 0 Å². The van der Waals surface area contributed by atoms with Gasteiger partial charge in [-0.3, -0.25) is 5.10 Å². The number of aromatic amines is 1. The molecule has 2 aromatic heterocycles. The molecule has 5 heteroatoms. The number of hydrogen-bond donors (Lipinski definition) is 1. The fourth-order valence-corrected chi connectivity index (χ4v) is 2.31. The third-order valence-corrected chi connectivity index (χ3v) is 3.62. The number of aromatic nitrogens is 3. The Kier molecular flexibility index (Phi) is 3.94. The zero-order valence-corrected chi connectivity index (χ0v) is 12.8. The lowest BCUT2D eigenvalue weighted by atomic mass is 10.0. The summed E-state index contributed by atoms with van der Waals surface area (Å²) < 4.78 is 5.40. The number of methoxy groups -OCH3 is 1. The van der Waals surface area contributed by atoms with Crippen molar-refractivity contribution >= 4 is 17.2 Å². The van der Waals surface area contributed by atoms with Crippen LogP contribution in [0.5, 0.6) is 5.88 Å². The van der Waals surface area contributed by atoms with E-state index in [1.165, 1.54) is 0 Å². The smallest absolute Gasteiger partial charge is 0.221 e. The second-order valence-electron chi connectivity index (χ2n) is 4.73. The average Bonchev–Trinajstić information content (AvgIpc) is 3.08. The summed E-state index contributed by atoms with van der Waals surface area (Å²) in [5, 5.41) is 7.43. The van der Waals surface area contributed by atoms with E-state index in [1.807, 2.05) is 36.4 Å². The molecule has 0 aliphatic rings. The lowest BCUT2D eigenvalue weighted by Gasteiger charge is -2.10. The molecule has 1 N–H and O–H groups in total. The van der Waals surface area contributed by atoms with Crippen molar-refractivity contribution in [3.05, 3.63) is 71.7 Å². The highest BCUT2D eigenvalue weighted by molar-refractivity contribution is 6.30. The van der Waals surface area contributed by atoms with Crippen LogP contribution < -0.4 is 4.74 Å². The summed E-state index contributed by atoms with van der Waals surface area (Å²) in [7, 11) is 1.60. The summed E-state index contributed by atoms with van der Waals surface area (Å²) in [5.41, 5.74) is 4.34. The molecular weight excluding hydrogens is 298 g/mol.